The Balaban J connectivity index is 1.81. The van der Waals surface area contributed by atoms with Crippen molar-refractivity contribution < 1.29 is 9.53 Å². The number of hydrogen-bond donors (Lipinski definition) is 2. The molecule has 0 saturated carbocycles. The first-order valence-corrected chi connectivity index (χ1v) is 7.31. The number of nitrogens with zero attached hydrogens (tertiary/aromatic N) is 5. The molecule has 0 atom stereocenters. The summed E-state index contributed by atoms with van der Waals surface area (Å²) in [5.74, 6) is 1.06. The molecule has 0 unspecified atom stereocenters. The van der Waals surface area contributed by atoms with Crippen LogP contribution in [0.3, 0.4) is 0 Å². The van der Waals surface area contributed by atoms with Gasteiger partial charge in [-0.25, -0.2) is 0 Å². The van der Waals surface area contributed by atoms with Gasteiger partial charge in [0.05, 0.1) is 19.2 Å². The molecule has 0 bridgehead atoms. The highest BCUT2D eigenvalue weighted by atomic mass is 16.5. The number of benzene rings is 1. The quantitative estimate of drug-likeness (QED) is 0.728. The summed E-state index contributed by atoms with van der Waals surface area (Å²) in [7, 11) is 1.57. The molecule has 0 spiro atoms. The van der Waals surface area contributed by atoms with Crippen LogP contribution in [0.2, 0.25) is 0 Å². The van der Waals surface area contributed by atoms with Crippen LogP contribution in [0.4, 0.5) is 5.69 Å². The van der Waals surface area contributed by atoms with Crippen LogP contribution in [0.25, 0.3) is 5.69 Å². The number of nitrogens with one attached hydrogen (secondary N) is 2. The minimum Gasteiger partial charge on any atom is -0.494 e. The fraction of sp³-hybridized carbons (Fsp3) is 0.267. The van der Waals surface area contributed by atoms with Gasteiger partial charge in [0, 0.05) is 11.4 Å². The molecule has 24 heavy (non-hydrogen) atoms. The summed E-state index contributed by atoms with van der Waals surface area (Å²) in [6.07, 6.45) is 0.190. The summed E-state index contributed by atoms with van der Waals surface area (Å²) >= 11 is 0. The van der Waals surface area contributed by atoms with Crippen molar-refractivity contribution in [3.05, 3.63) is 41.5 Å². The van der Waals surface area contributed by atoms with Crippen LogP contribution in [0.15, 0.2) is 24.3 Å². The van der Waals surface area contributed by atoms with Gasteiger partial charge in [0.2, 0.25) is 5.91 Å². The molecule has 1 aromatic carbocycles. The highest BCUT2D eigenvalue weighted by Gasteiger charge is 2.13. The van der Waals surface area contributed by atoms with Crippen LogP contribution in [0.5, 0.6) is 5.75 Å². The second-order valence-corrected chi connectivity index (χ2v) is 5.29. The van der Waals surface area contributed by atoms with E-state index in [1.165, 1.54) is 0 Å². The van der Waals surface area contributed by atoms with Crippen LogP contribution in [-0.4, -0.2) is 43.4 Å². The molecule has 3 aromatic rings. The first kappa shape index (κ1) is 15.7. The van der Waals surface area contributed by atoms with E-state index in [0.717, 1.165) is 5.69 Å². The lowest BCUT2D eigenvalue weighted by Crippen LogP contribution is -2.15. The third-order valence-electron chi connectivity index (χ3n) is 3.42. The lowest BCUT2D eigenvalue weighted by molar-refractivity contribution is -0.115. The van der Waals surface area contributed by atoms with Crippen molar-refractivity contribution >= 4 is 11.6 Å². The Labute approximate surface area is 138 Å². The normalized spacial score (nSPS) is 10.6. The fourth-order valence-corrected chi connectivity index (χ4v) is 2.32. The predicted molar refractivity (Wildman–Crippen MR) is 86.1 cm³/mol. The average molecular weight is 327 g/mol. The van der Waals surface area contributed by atoms with E-state index in [0.29, 0.717) is 28.6 Å². The molecule has 2 N–H and O–H groups in total. The number of amides is 1. The van der Waals surface area contributed by atoms with Gasteiger partial charge in [0.1, 0.15) is 11.4 Å². The summed E-state index contributed by atoms with van der Waals surface area (Å²) in [5, 5.41) is 21.1. The van der Waals surface area contributed by atoms with Crippen molar-refractivity contribution in [3.63, 3.8) is 0 Å². The molecule has 0 radical (unpaired) electrons. The van der Waals surface area contributed by atoms with Gasteiger partial charge >= 0.3 is 0 Å². The van der Waals surface area contributed by atoms with Crippen LogP contribution < -0.4 is 10.1 Å². The minimum absolute atomic E-state index is 0.161. The average Bonchev–Trinajstić information content (AvgIpc) is 3.15. The van der Waals surface area contributed by atoms with E-state index in [1.54, 1.807) is 36.9 Å². The van der Waals surface area contributed by atoms with Gasteiger partial charge in [-0.15, -0.1) is 5.10 Å². The van der Waals surface area contributed by atoms with Gasteiger partial charge in [0.25, 0.3) is 0 Å². The second kappa shape index (κ2) is 6.49. The monoisotopic (exact) mass is 327 g/mol. The number of anilines is 1. The van der Waals surface area contributed by atoms with Crippen LogP contribution in [0, 0.1) is 13.8 Å². The zero-order valence-electron chi connectivity index (χ0n) is 13.6. The molecule has 0 aliphatic rings. The highest BCUT2D eigenvalue weighted by Crippen LogP contribution is 2.26. The van der Waals surface area contributed by atoms with Crippen molar-refractivity contribution in [1.29, 1.82) is 0 Å². The van der Waals surface area contributed by atoms with Gasteiger partial charge in [-0.1, -0.05) is 0 Å². The molecular weight excluding hydrogens is 310 g/mol. The number of aromatic nitrogens is 6. The number of hydrogen-bond acceptors (Lipinski definition) is 6. The Morgan fingerprint density at radius 2 is 2.17 bits per heavy atom. The largest absolute Gasteiger partial charge is 0.494 e. The van der Waals surface area contributed by atoms with Crippen molar-refractivity contribution in [2.24, 2.45) is 0 Å². The maximum absolute atomic E-state index is 12.2. The molecule has 0 aliphatic heterocycles. The van der Waals surface area contributed by atoms with Gasteiger partial charge in [-0.2, -0.15) is 9.78 Å². The van der Waals surface area contributed by atoms with Gasteiger partial charge in [-0.05, 0) is 48.5 Å². The van der Waals surface area contributed by atoms with E-state index in [4.69, 9.17) is 4.74 Å². The van der Waals surface area contributed by atoms with E-state index < -0.39 is 0 Å². The number of methoxy groups -OCH3 is 1. The maximum Gasteiger partial charge on any atom is 0.230 e. The summed E-state index contributed by atoms with van der Waals surface area (Å²) in [4.78, 5) is 12.2. The summed E-state index contributed by atoms with van der Waals surface area (Å²) in [5.41, 5.74) is 2.88. The maximum atomic E-state index is 12.2. The molecule has 3 rings (SSSR count). The van der Waals surface area contributed by atoms with Crippen LogP contribution in [0.1, 0.15) is 17.2 Å². The number of tetrazole rings is 1. The number of ether oxygens (including phenoxy) is 1. The Bertz CT molecular complexity index is 868. The third-order valence-corrected chi connectivity index (χ3v) is 3.42. The minimum atomic E-state index is -0.161. The number of rotatable bonds is 5. The Morgan fingerprint density at radius 3 is 2.79 bits per heavy atom. The molecule has 9 heteroatoms. The van der Waals surface area contributed by atoms with Crippen LogP contribution >= 0.6 is 0 Å². The van der Waals surface area contributed by atoms with E-state index in [2.05, 4.69) is 31.0 Å². The first-order chi connectivity index (χ1) is 11.6. The number of aromatic amines is 1. The van der Waals surface area contributed by atoms with E-state index >= 15 is 0 Å². The van der Waals surface area contributed by atoms with Crippen molar-refractivity contribution in [1.82, 2.24) is 30.4 Å². The molecule has 0 saturated heterocycles. The highest BCUT2D eigenvalue weighted by molar-refractivity contribution is 5.92. The summed E-state index contributed by atoms with van der Waals surface area (Å²) < 4.78 is 6.89. The SMILES string of the molecule is COc1ccc(NC(=O)Cc2cc(C)[nH]n2)cc1-n1nnnc1C. The topological polar surface area (TPSA) is 111 Å². The van der Waals surface area contributed by atoms with Crippen LogP contribution in [-0.2, 0) is 11.2 Å². The lowest BCUT2D eigenvalue weighted by Gasteiger charge is -2.11. The fourth-order valence-electron chi connectivity index (χ4n) is 2.32. The molecule has 2 aromatic heterocycles. The third kappa shape index (κ3) is 3.24. The molecule has 0 aliphatic carbocycles. The first-order valence-electron chi connectivity index (χ1n) is 7.31. The number of aryl methyl sites for hydroxylation is 2. The summed E-state index contributed by atoms with van der Waals surface area (Å²) in [6.45, 7) is 3.67. The summed E-state index contributed by atoms with van der Waals surface area (Å²) in [6, 6.07) is 7.11. The number of H-pyrrole nitrogens is 1. The number of carbonyl (C=O) groups excluding carboxylic acids is 1. The van der Waals surface area contributed by atoms with Gasteiger partial charge in [-0.3, -0.25) is 9.89 Å². The molecule has 9 nitrogen and oxygen atoms in total. The molecule has 0 fully saturated rings. The Hall–Kier alpha value is -3.23. The lowest BCUT2D eigenvalue weighted by atomic mass is 10.2. The smallest absolute Gasteiger partial charge is 0.230 e. The molecule has 1 amide bonds. The van der Waals surface area contributed by atoms with E-state index in [-0.39, 0.29) is 12.3 Å². The molecule has 124 valence electrons. The van der Waals surface area contributed by atoms with Crippen molar-refractivity contribution in [3.8, 4) is 11.4 Å². The second-order valence-electron chi connectivity index (χ2n) is 5.29. The number of carbonyl (C=O) groups is 1. The zero-order chi connectivity index (χ0) is 17.1. The van der Waals surface area contributed by atoms with Crippen molar-refractivity contribution in [2.75, 3.05) is 12.4 Å². The predicted octanol–water partition coefficient (Wildman–Crippen LogP) is 1.19. The Kier molecular flexibility index (Phi) is 4.23. The van der Waals surface area contributed by atoms with E-state index in [1.807, 2.05) is 13.0 Å². The van der Waals surface area contributed by atoms with Crippen molar-refractivity contribution in [2.45, 2.75) is 20.3 Å². The standard InChI is InChI=1S/C15H17N7O2/c1-9-6-12(19-17-9)8-15(23)16-11-4-5-14(24-3)13(7-11)22-10(2)18-20-21-22/h4-7H,8H2,1-3H3,(H,16,23)(H,17,19). The van der Waals surface area contributed by atoms with E-state index in [9.17, 15) is 4.79 Å². The Morgan fingerprint density at radius 1 is 1.33 bits per heavy atom. The molecule has 2 heterocycles. The van der Waals surface area contributed by atoms with Gasteiger partial charge < -0.3 is 10.1 Å². The molecular formula is C15H17N7O2. The van der Waals surface area contributed by atoms with Gasteiger partial charge in [0.15, 0.2) is 5.82 Å². The zero-order valence-corrected chi connectivity index (χ0v) is 13.6.